The molecule has 2 bridgehead atoms. The van der Waals surface area contributed by atoms with Crippen molar-refractivity contribution in [3.63, 3.8) is 0 Å². The van der Waals surface area contributed by atoms with E-state index in [1.165, 1.54) is 0 Å². The van der Waals surface area contributed by atoms with Crippen molar-refractivity contribution in [2.45, 2.75) is 31.5 Å². The largest absolute Gasteiger partial charge is 0.470 e. The minimum atomic E-state index is 0.201. The van der Waals surface area contributed by atoms with Crippen molar-refractivity contribution >= 4 is 17.3 Å². The fourth-order valence-electron chi connectivity index (χ4n) is 4.88. The summed E-state index contributed by atoms with van der Waals surface area (Å²) in [5, 5.41) is 9.91. The van der Waals surface area contributed by atoms with Gasteiger partial charge in [0, 0.05) is 36.9 Å². The van der Waals surface area contributed by atoms with Gasteiger partial charge < -0.3 is 26.0 Å². The van der Waals surface area contributed by atoms with Gasteiger partial charge in [-0.1, -0.05) is 6.07 Å². The maximum atomic E-state index is 9.91. The number of pyridine rings is 1. The van der Waals surface area contributed by atoms with E-state index in [-0.39, 0.29) is 18.3 Å². The van der Waals surface area contributed by atoms with Crippen LogP contribution in [-0.4, -0.2) is 52.1 Å². The molecule has 4 N–H and O–H groups in total. The van der Waals surface area contributed by atoms with Crippen molar-refractivity contribution in [3.05, 3.63) is 53.9 Å². The van der Waals surface area contributed by atoms with Gasteiger partial charge >= 0.3 is 0 Å². The molecule has 2 aliphatic heterocycles. The Morgan fingerprint density at radius 1 is 1.12 bits per heavy atom. The molecule has 2 aliphatic rings. The van der Waals surface area contributed by atoms with Crippen LogP contribution in [0, 0.1) is 11.3 Å². The van der Waals surface area contributed by atoms with E-state index in [0.717, 1.165) is 42.7 Å². The van der Waals surface area contributed by atoms with Crippen LogP contribution in [-0.2, 0) is 6.61 Å². The molecule has 168 valence electrons. The maximum absolute atomic E-state index is 9.91. The molecule has 2 fully saturated rings. The average molecular weight is 443 g/mol. The highest BCUT2D eigenvalue weighted by molar-refractivity contribution is 5.71. The predicted molar refractivity (Wildman–Crippen MR) is 126 cm³/mol. The van der Waals surface area contributed by atoms with Crippen LogP contribution >= 0.6 is 0 Å². The second-order valence-corrected chi connectivity index (χ2v) is 8.68. The Kier molecular flexibility index (Phi) is 5.44. The van der Waals surface area contributed by atoms with E-state index >= 15 is 0 Å². The number of hydrogen-bond donors (Lipinski definition) is 2. The van der Waals surface area contributed by atoms with Crippen LogP contribution in [0.4, 0.5) is 17.3 Å². The summed E-state index contributed by atoms with van der Waals surface area (Å²) >= 11 is 0. The van der Waals surface area contributed by atoms with Gasteiger partial charge in [-0.15, -0.1) is 0 Å². The van der Waals surface area contributed by atoms with Crippen LogP contribution in [0.2, 0.25) is 0 Å². The smallest absolute Gasteiger partial charge is 0.258 e. The lowest BCUT2D eigenvalue weighted by Gasteiger charge is -2.41. The summed E-state index contributed by atoms with van der Waals surface area (Å²) in [6, 6.07) is 12.7. The maximum Gasteiger partial charge on any atom is 0.258 e. The van der Waals surface area contributed by atoms with Gasteiger partial charge in [0.1, 0.15) is 18.5 Å². The molecule has 4 heterocycles. The Hall–Kier alpha value is -3.90. The summed E-state index contributed by atoms with van der Waals surface area (Å²) in [5.41, 5.74) is 15.6. The number of hydrogen-bond acceptors (Lipinski definition) is 9. The first kappa shape index (κ1) is 21.0. The minimum absolute atomic E-state index is 0.201. The van der Waals surface area contributed by atoms with Crippen molar-refractivity contribution < 1.29 is 4.74 Å². The van der Waals surface area contributed by atoms with Crippen LogP contribution in [0.1, 0.15) is 24.0 Å². The van der Waals surface area contributed by atoms with Crippen molar-refractivity contribution in [1.82, 2.24) is 19.9 Å². The van der Waals surface area contributed by atoms with Crippen LogP contribution in [0.25, 0.3) is 11.3 Å². The number of fused-ring (bicyclic) bond motifs is 2. The molecule has 0 saturated carbocycles. The van der Waals surface area contributed by atoms with E-state index < -0.39 is 0 Å². The molecule has 0 aliphatic carbocycles. The van der Waals surface area contributed by atoms with Crippen LogP contribution in [0.3, 0.4) is 0 Å². The van der Waals surface area contributed by atoms with Crippen molar-refractivity contribution in [2.75, 3.05) is 36.5 Å². The fourth-order valence-corrected chi connectivity index (χ4v) is 4.88. The lowest BCUT2D eigenvalue weighted by atomic mass is 10.0. The SMILES string of the molecule is CN1CC2CCC(C1)N2c1ccc(-c2cnc(N)c(OCc3ccnc(N)c3)n2)cc1C#N. The Bertz CT molecular complexity index is 1210. The highest BCUT2D eigenvalue weighted by atomic mass is 16.5. The summed E-state index contributed by atoms with van der Waals surface area (Å²) in [6.45, 7) is 2.29. The Morgan fingerprint density at radius 3 is 2.64 bits per heavy atom. The molecule has 0 spiro atoms. The topological polar surface area (TPSA) is 130 Å². The quantitative estimate of drug-likeness (QED) is 0.612. The molecule has 3 aromatic rings. The van der Waals surface area contributed by atoms with Gasteiger partial charge in [-0.2, -0.15) is 5.26 Å². The molecule has 0 radical (unpaired) electrons. The number of nitrogens with zero attached hydrogens (tertiary/aromatic N) is 6. The van der Waals surface area contributed by atoms with Gasteiger partial charge in [-0.25, -0.2) is 15.0 Å². The number of ether oxygens (including phenoxy) is 1. The number of aromatic nitrogens is 3. The van der Waals surface area contributed by atoms with Crippen molar-refractivity contribution in [1.29, 1.82) is 5.26 Å². The molecular formula is C24H26N8O. The molecule has 2 unspecified atom stereocenters. The molecule has 2 atom stereocenters. The number of piperazine rings is 1. The number of benzene rings is 1. The molecule has 2 saturated heterocycles. The Morgan fingerprint density at radius 2 is 1.91 bits per heavy atom. The van der Waals surface area contributed by atoms with Crippen LogP contribution in [0.5, 0.6) is 5.88 Å². The molecule has 0 amide bonds. The lowest BCUT2D eigenvalue weighted by Crippen LogP contribution is -2.52. The highest BCUT2D eigenvalue weighted by Gasteiger charge is 2.39. The van der Waals surface area contributed by atoms with E-state index in [0.29, 0.717) is 29.2 Å². The molecule has 2 aromatic heterocycles. The van der Waals surface area contributed by atoms with Crippen molar-refractivity contribution in [2.24, 2.45) is 0 Å². The number of nitrogens with two attached hydrogens (primary N) is 2. The second kappa shape index (κ2) is 8.56. The third-order valence-corrected chi connectivity index (χ3v) is 6.34. The summed E-state index contributed by atoms with van der Waals surface area (Å²) in [6.07, 6.45) is 5.54. The molecular weight excluding hydrogens is 416 g/mol. The number of nitriles is 1. The number of likely N-dealkylation sites (tertiary alicyclic amines) is 1. The number of nitrogen functional groups attached to an aromatic ring is 2. The first-order valence-electron chi connectivity index (χ1n) is 11.0. The molecule has 9 nitrogen and oxygen atoms in total. The molecule has 5 rings (SSSR count). The van der Waals surface area contributed by atoms with Gasteiger partial charge in [0.25, 0.3) is 5.88 Å². The third-order valence-electron chi connectivity index (χ3n) is 6.34. The predicted octanol–water partition coefficient (Wildman–Crippen LogP) is 2.44. The summed E-state index contributed by atoms with van der Waals surface area (Å²) in [5.74, 6) is 0.858. The van der Waals surface area contributed by atoms with Gasteiger partial charge in [-0.3, -0.25) is 0 Å². The fraction of sp³-hybridized carbons (Fsp3) is 0.333. The third kappa shape index (κ3) is 4.13. The minimum Gasteiger partial charge on any atom is -0.470 e. The normalized spacial score (nSPS) is 19.9. The molecule has 1 aromatic carbocycles. The molecule has 9 heteroatoms. The van der Waals surface area contributed by atoms with Gasteiger partial charge in [0.2, 0.25) is 0 Å². The lowest BCUT2D eigenvalue weighted by molar-refractivity contribution is 0.264. The highest BCUT2D eigenvalue weighted by Crippen LogP contribution is 2.37. The Balaban J connectivity index is 1.40. The van der Waals surface area contributed by atoms with E-state index in [1.54, 1.807) is 18.5 Å². The van der Waals surface area contributed by atoms with E-state index in [4.69, 9.17) is 16.2 Å². The zero-order valence-electron chi connectivity index (χ0n) is 18.5. The summed E-state index contributed by atoms with van der Waals surface area (Å²) in [4.78, 5) is 17.6. The van der Waals surface area contributed by atoms with Crippen molar-refractivity contribution in [3.8, 4) is 23.2 Å². The first-order chi connectivity index (χ1) is 16.0. The van der Waals surface area contributed by atoms with Gasteiger partial charge in [0.05, 0.1) is 23.1 Å². The molecule has 33 heavy (non-hydrogen) atoms. The van der Waals surface area contributed by atoms with E-state index in [1.807, 2.05) is 24.3 Å². The second-order valence-electron chi connectivity index (χ2n) is 8.68. The Labute approximate surface area is 192 Å². The standard InChI is InChI=1S/C24H26N8O/c1-31-12-18-3-4-19(13-31)32(18)21-5-2-16(9-17(21)10-25)20-11-29-23(27)24(30-20)33-14-15-6-7-28-22(26)8-15/h2,5-9,11,18-19H,3-4,12-14H2,1H3,(H2,26,28)(H2,27,29). The van der Waals surface area contributed by atoms with Crippen LogP contribution in [0.15, 0.2) is 42.7 Å². The van der Waals surface area contributed by atoms with E-state index in [2.05, 4.69) is 37.9 Å². The monoisotopic (exact) mass is 442 g/mol. The summed E-state index contributed by atoms with van der Waals surface area (Å²) < 4.78 is 5.80. The average Bonchev–Trinajstić information content (AvgIpc) is 3.08. The number of likely N-dealkylation sites (N-methyl/N-ethyl adjacent to an activating group) is 1. The number of anilines is 3. The van der Waals surface area contributed by atoms with E-state index in [9.17, 15) is 5.26 Å². The number of rotatable bonds is 5. The van der Waals surface area contributed by atoms with Gasteiger partial charge in [0.15, 0.2) is 5.82 Å². The zero-order chi connectivity index (χ0) is 22.9. The first-order valence-corrected chi connectivity index (χ1v) is 11.0. The van der Waals surface area contributed by atoms with Crippen LogP contribution < -0.4 is 21.1 Å². The summed E-state index contributed by atoms with van der Waals surface area (Å²) in [7, 11) is 2.17. The van der Waals surface area contributed by atoms with Gasteiger partial charge in [-0.05, 0) is 49.7 Å². The zero-order valence-corrected chi connectivity index (χ0v) is 18.5.